The number of hydrogen-bond acceptors (Lipinski definition) is 5. The molecule has 0 bridgehead atoms. The number of aryl methyl sites for hydroxylation is 1. The van der Waals surface area contributed by atoms with Crippen LogP contribution in [0.4, 0.5) is 11.4 Å². The van der Waals surface area contributed by atoms with Crippen molar-refractivity contribution in [3.8, 4) is 0 Å². The molecule has 1 aliphatic heterocycles. The van der Waals surface area contributed by atoms with Crippen molar-refractivity contribution in [3.63, 3.8) is 0 Å². The molecule has 2 aromatic rings. The molecule has 7 nitrogen and oxygen atoms in total. The van der Waals surface area contributed by atoms with Gasteiger partial charge in [-0.05, 0) is 61.7 Å². The maximum atomic E-state index is 12.8. The first-order valence-electron chi connectivity index (χ1n) is 10.6. The molecule has 34 heavy (non-hydrogen) atoms. The lowest BCUT2D eigenvalue weighted by molar-refractivity contribution is -0.122. The van der Waals surface area contributed by atoms with Crippen LogP contribution in [0.25, 0.3) is 0 Å². The smallest absolute Gasteiger partial charge is 0.338 e. The Balaban J connectivity index is 1.36. The highest BCUT2D eigenvalue weighted by Crippen LogP contribution is 2.43. The van der Waals surface area contributed by atoms with Gasteiger partial charge in [-0.1, -0.05) is 17.7 Å². The van der Waals surface area contributed by atoms with E-state index in [-0.39, 0.29) is 28.1 Å². The van der Waals surface area contributed by atoms with Crippen molar-refractivity contribution >= 4 is 69.9 Å². The highest BCUT2D eigenvalue weighted by atomic mass is 35.5. The number of nitrogens with one attached hydrogen (secondary N) is 1. The van der Waals surface area contributed by atoms with Gasteiger partial charge in [-0.3, -0.25) is 19.3 Å². The van der Waals surface area contributed by atoms with E-state index >= 15 is 0 Å². The summed E-state index contributed by atoms with van der Waals surface area (Å²) < 4.78 is 5.06. The Kier molecular flexibility index (Phi) is 7.17. The summed E-state index contributed by atoms with van der Waals surface area (Å²) in [5, 5.41) is 2.38. The van der Waals surface area contributed by atoms with Gasteiger partial charge in [-0.15, -0.1) is 23.2 Å². The Labute approximate surface area is 211 Å². The van der Waals surface area contributed by atoms with E-state index in [0.29, 0.717) is 29.2 Å². The molecule has 1 aliphatic carbocycles. The number of esters is 1. The number of amides is 3. The number of ether oxygens (including phenoxy) is 1. The molecule has 1 saturated heterocycles. The van der Waals surface area contributed by atoms with Crippen LogP contribution < -0.4 is 10.2 Å². The summed E-state index contributed by atoms with van der Waals surface area (Å²) in [5.74, 6) is -2.84. The van der Waals surface area contributed by atoms with E-state index in [1.807, 2.05) is 6.92 Å². The van der Waals surface area contributed by atoms with Gasteiger partial charge in [-0.25, -0.2) is 4.79 Å². The molecule has 3 amide bonds. The number of nitrogens with zero attached hydrogens (tertiary/aromatic N) is 1. The molecule has 1 saturated carbocycles. The van der Waals surface area contributed by atoms with Gasteiger partial charge in [0.15, 0.2) is 6.61 Å². The minimum atomic E-state index is -0.716. The van der Waals surface area contributed by atoms with Gasteiger partial charge in [0.25, 0.3) is 5.91 Å². The summed E-state index contributed by atoms with van der Waals surface area (Å²) in [4.78, 5) is 51.2. The summed E-state index contributed by atoms with van der Waals surface area (Å²) >= 11 is 18.5. The minimum absolute atomic E-state index is 0.174. The van der Waals surface area contributed by atoms with E-state index in [1.54, 1.807) is 18.2 Å². The van der Waals surface area contributed by atoms with Crippen LogP contribution >= 0.6 is 34.8 Å². The third kappa shape index (κ3) is 4.92. The second-order valence-corrected chi connectivity index (χ2v) is 9.89. The Morgan fingerprint density at radius 2 is 1.59 bits per heavy atom. The molecule has 4 atom stereocenters. The second-order valence-electron chi connectivity index (χ2n) is 8.36. The van der Waals surface area contributed by atoms with Gasteiger partial charge < -0.3 is 10.1 Å². The predicted octanol–water partition coefficient (Wildman–Crippen LogP) is 4.56. The summed E-state index contributed by atoms with van der Waals surface area (Å²) in [7, 11) is 0. The fraction of sp³-hybridized carbons (Fsp3) is 0.333. The van der Waals surface area contributed by atoms with E-state index in [0.717, 1.165) is 10.5 Å². The van der Waals surface area contributed by atoms with Crippen LogP contribution in [-0.4, -0.2) is 41.1 Å². The zero-order chi connectivity index (χ0) is 24.6. The molecule has 178 valence electrons. The maximum Gasteiger partial charge on any atom is 0.338 e. The number of benzene rings is 2. The van der Waals surface area contributed by atoms with Gasteiger partial charge in [0.1, 0.15) is 0 Å². The fourth-order valence-electron chi connectivity index (χ4n) is 4.18. The molecule has 1 heterocycles. The van der Waals surface area contributed by atoms with Crippen LogP contribution in [0.2, 0.25) is 5.02 Å². The third-order valence-electron chi connectivity index (χ3n) is 6.06. The van der Waals surface area contributed by atoms with E-state index in [9.17, 15) is 19.2 Å². The van der Waals surface area contributed by atoms with Crippen LogP contribution in [0.15, 0.2) is 42.5 Å². The Morgan fingerprint density at radius 3 is 2.15 bits per heavy atom. The molecule has 0 unspecified atom stereocenters. The van der Waals surface area contributed by atoms with Crippen LogP contribution in [0, 0.1) is 18.8 Å². The number of fused-ring (bicyclic) bond motifs is 1. The van der Waals surface area contributed by atoms with Crippen molar-refractivity contribution in [2.24, 2.45) is 11.8 Å². The molecule has 0 spiro atoms. The molecule has 2 fully saturated rings. The number of rotatable bonds is 5. The first-order chi connectivity index (χ1) is 16.2. The van der Waals surface area contributed by atoms with E-state index in [4.69, 9.17) is 39.5 Å². The van der Waals surface area contributed by atoms with Gasteiger partial charge in [-0.2, -0.15) is 0 Å². The van der Waals surface area contributed by atoms with Crippen molar-refractivity contribution in [2.75, 3.05) is 16.8 Å². The fourth-order valence-corrected chi connectivity index (χ4v) is 4.95. The average molecular weight is 524 g/mol. The SMILES string of the molecule is Cc1ccc(NC(=O)COC(=O)c2ccc(N3C(=O)[C@H]4C[C@@H](Cl)[C@@H](Cl)C[C@H]4C3=O)cc2)cc1Cl. The highest BCUT2D eigenvalue weighted by Gasteiger charge is 2.52. The quantitative estimate of drug-likeness (QED) is 0.352. The van der Waals surface area contributed by atoms with E-state index in [2.05, 4.69) is 5.32 Å². The van der Waals surface area contributed by atoms with E-state index < -0.39 is 30.3 Å². The Bertz CT molecular complexity index is 1130. The molecular formula is C24H21Cl3N2O5. The predicted molar refractivity (Wildman–Crippen MR) is 130 cm³/mol. The Hall–Kier alpha value is -2.61. The van der Waals surface area contributed by atoms with E-state index in [1.165, 1.54) is 24.3 Å². The Morgan fingerprint density at radius 1 is 1.00 bits per heavy atom. The lowest BCUT2D eigenvalue weighted by Gasteiger charge is -2.28. The van der Waals surface area contributed by atoms with Crippen molar-refractivity contribution in [3.05, 3.63) is 58.6 Å². The zero-order valence-electron chi connectivity index (χ0n) is 18.1. The van der Waals surface area contributed by atoms with Crippen LogP contribution in [0.1, 0.15) is 28.8 Å². The van der Waals surface area contributed by atoms with Crippen molar-refractivity contribution in [1.29, 1.82) is 0 Å². The summed E-state index contributed by atoms with van der Waals surface area (Å²) in [5.41, 5.74) is 1.89. The number of alkyl halides is 2. The van der Waals surface area contributed by atoms with Crippen LogP contribution in [0.3, 0.4) is 0 Å². The topological polar surface area (TPSA) is 92.8 Å². The number of carbonyl (C=O) groups excluding carboxylic acids is 4. The van der Waals surface area contributed by atoms with Crippen molar-refractivity contribution in [2.45, 2.75) is 30.5 Å². The number of halogens is 3. The van der Waals surface area contributed by atoms with Gasteiger partial charge in [0, 0.05) is 10.7 Å². The monoisotopic (exact) mass is 522 g/mol. The van der Waals surface area contributed by atoms with Gasteiger partial charge in [0.05, 0.1) is 33.8 Å². The standard InChI is InChI=1S/C24H21Cl3N2O5/c1-12-2-5-14(8-18(12)25)28-21(30)11-34-24(33)13-3-6-15(7-4-13)29-22(31)16-9-19(26)20(27)10-17(16)23(29)32/h2-8,16-17,19-20H,9-11H2,1H3,(H,28,30)/t16-,17+,19+,20-. The number of imide groups is 1. The molecule has 0 aromatic heterocycles. The number of anilines is 2. The molecular weight excluding hydrogens is 503 g/mol. The molecule has 10 heteroatoms. The third-order valence-corrected chi connectivity index (χ3v) is 7.56. The van der Waals surface area contributed by atoms with Gasteiger partial charge in [0.2, 0.25) is 11.8 Å². The maximum absolute atomic E-state index is 12.8. The molecule has 2 aliphatic rings. The lowest BCUT2D eigenvalue weighted by Crippen LogP contribution is -2.34. The van der Waals surface area contributed by atoms with Gasteiger partial charge >= 0.3 is 5.97 Å². The zero-order valence-corrected chi connectivity index (χ0v) is 20.4. The summed E-state index contributed by atoms with van der Waals surface area (Å²) in [6, 6.07) is 10.9. The number of carbonyl (C=O) groups is 4. The average Bonchev–Trinajstić information content (AvgIpc) is 3.04. The number of hydrogen-bond donors (Lipinski definition) is 1. The lowest BCUT2D eigenvalue weighted by atomic mass is 9.80. The molecule has 0 radical (unpaired) electrons. The molecule has 2 aromatic carbocycles. The minimum Gasteiger partial charge on any atom is -0.452 e. The highest BCUT2D eigenvalue weighted by molar-refractivity contribution is 6.32. The summed E-state index contributed by atoms with van der Waals surface area (Å²) in [6.07, 6.45) is 0.700. The van der Waals surface area contributed by atoms with Crippen LogP contribution in [-0.2, 0) is 19.1 Å². The molecule has 1 N–H and O–H groups in total. The first kappa shape index (κ1) is 24.5. The normalized spacial score (nSPS) is 24.1. The van der Waals surface area contributed by atoms with Crippen molar-refractivity contribution in [1.82, 2.24) is 0 Å². The first-order valence-corrected chi connectivity index (χ1v) is 11.9. The second kappa shape index (κ2) is 9.94. The van der Waals surface area contributed by atoms with Crippen molar-refractivity contribution < 1.29 is 23.9 Å². The largest absolute Gasteiger partial charge is 0.452 e. The molecule has 4 rings (SSSR count). The van der Waals surface area contributed by atoms with Crippen LogP contribution in [0.5, 0.6) is 0 Å². The summed E-state index contributed by atoms with van der Waals surface area (Å²) in [6.45, 7) is 1.35.